The first-order valence-corrected chi connectivity index (χ1v) is 2.92. The van der Waals surface area contributed by atoms with E-state index in [1.165, 1.54) is 5.34 Å². The van der Waals surface area contributed by atoms with Gasteiger partial charge < -0.3 is 5.21 Å². The standard InChI is InChI=1S/F5P.HNO2/c1-6(2,3,4)5;2-1-3/h;(H,2,3). The van der Waals surface area contributed by atoms with Crippen molar-refractivity contribution in [3.05, 3.63) is 4.91 Å². The van der Waals surface area contributed by atoms with E-state index in [1.54, 1.807) is 0 Å². The number of rotatable bonds is 0. The zero-order valence-corrected chi connectivity index (χ0v) is 4.53. The first-order valence-electron chi connectivity index (χ1n) is 1.23. The largest absolute Gasteiger partial charge is 0.379 e. The molecule has 0 aromatic carbocycles. The van der Waals surface area contributed by atoms with E-state index in [0.29, 0.717) is 0 Å². The summed E-state index contributed by atoms with van der Waals surface area (Å²) in [5.41, 5.74) is 0. The van der Waals surface area contributed by atoms with E-state index in [9.17, 15) is 21.0 Å². The Balaban J connectivity index is 0. The fourth-order valence-corrected chi connectivity index (χ4v) is 0. The fraction of sp³-hybridized carbons (Fsp3) is 0. The van der Waals surface area contributed by atoms with Crippen LogP contribution in [0.3, 0.4) is 0 Å². The quantitative estimate of drug-likeness (QED) is 0.264. The van der Waals surface area contributed by atoms with Crippen molar-refractivity contribution in [2.45, 2.75) is 0 Å². The minimum Gasteiger partial charge on any atom is -0.379 e. The predicted octanol–water partition coefficient (Wildman–Crippen LogP) is 3.10. The van der Waals surface area contributed by atoms with Gasteiger partial charge in [-0.05, 0) is 0 Å². The summed E-state index contributed by atoms with van der Waals surface area (Å²) in [7, 11) is -8.55. The molecule has 0 aliphatic rings. The van der Waals surface area contributed by atoms with Crippen LogP contribution in [0, 0.1) is 4.91 Å². The van der Waals surface area contributed by atoms with Gasteiger partial charge in [0, 0.05) is 0 Å². The van der Waals surface area contributed by atoms with Gasteiger partial charge in [-0.3, -0.25) is 0 Å². The average molecular weight is 173 g/mol. The van der Waals surface area contributed by atoms with Crippen LogP contribution in [0.4, 0.5) is 21.0 Å². The zero-order chi connectivity index (χ0) is 8.15. The summed E-state index contributed by atoms with van der Waals surface area (Å²) in [6.45, 7) is 0. The van der Waals surface area contributed by atoms with Crippen molar-refractivity contribution in [1.82, 2.24) is 0 Å². The second kappa shape index (κ2) is 2.86. The van der Waals surface area contributed by atoms with Crippen molar-refractivity contribution in [3.8, 4) is 0 Å². The molecule has 0 fully saturated rings. The Morgan fingerprint density at radius 2 is 1.11 bits per heavy atom. The first kappa shape index (κ1) is 11.3. The molecule has 58 valence electrons. The Hall–Kier alpha value is -0.520. The minimum absolute atomic E-state index is 1.25. The Bertz CT molecular complexity index is 75.9. The van der Waals surface area contributed by atoms with Gasteiger partial charge in [0.2, 0.25) is 0 Å². The van der Waals surface area contributed by atoms with Crippen LogP contribution in [-0.4, -0.2) is 5.21 Å². The molecule has 3 nitrogen and oxygen atoms in total. The molecule has 0 aromatic rings. The molecule has 0 aromatic heterocycles. The summed E-state index contributed by atoms with van der Waals surface area (Å²) in [6, 6.07) is 0. The van der Waals surface area contributed by atoms with Gasteiger partial charge in [0.1, 0.15) is 0 Å². The molecule has 0 bridgehead atoms. The van der Waals surface area contributed by atoms with Gasteiger partial charge in [0.25, 0.3) is 0 Å². The van der Waals surface area contributed by atoms with E-state index in [-0.39, 0.29) is 0 Å². The van der Waals surface area contributed by atoms with Crippen LogP contribution in [0.15, 0.2) is 5.34 Å². The molecular weight excluding hydrogens is 172 g/mol. The van der Waals surface area contributed by atoms with E-state index in [2.05, 4.69) is 0 Å². The van der Waals surface area contributed by atoms with Crippen molar-refractivity contribution < 1.29 is 26.2 Å². The van der Waals surface area contributed by atoms with E-state index < -0.39 is 8.16 Å². The van der Waals surface area contributed by atoms with Gasteiger partial charge in [-0.1, -0.05) is 0 Å². The van der Waals surface area contributed by atoms with Gasteiger partial charge in [-0.25, -0.2) is 0 Å². The zero-order valence-electron chi connectivity index (χ0n) is 3.64. The van der Waals surface area contributed by atoms with Crippen molar-refractivity contribution in [2.75, 3.05) is 0 Å². The van der Waals surface area contributed by atoms with Gasteiger partial charge >= 0.3 is 29.1 Å². The van der Waals surface area contributed by atoms with Crippen LogP contribution in [-0.2, 0) is 0 Å². The van der Waals surface area contributed by atoms with Gasteiger partial charge in [-0.15, -0.1) is 4.91 Å². The van der Waals surface area contributed by atoms with E-state index >= 15 is 0 Å². The van der Waals surface area contributed by atoms with Gasteiger partial charge in [0.15, 0.2) is 5.34 Å². The molecule has 0 aliphatic carbocycles. The average Bonchev–Trinajstić information content (AvgIpc) is 1.23. The fourth-order valence-electron chi connectivity index (χ4n) is 0. The normalized spacial score (nSPS) is 14.1. The molecule has 0 saturated carbocycles. The molecule has 0 radical (unpaired) electrons. The Labute approximate surface area is 45.9 Å². The minimum atomic E-state index is -8.55. The number of hydrogen-bond acceptors (Lipinski definition) is 2. The molecule has 0 saturated heterocycles. The van der Waals surface area contributed by atoms with Gasteiger partial charge in [0.05, 0.1) is 0 Å². The molecule has 0 rings (SSSR count). The van der Waals surface area contributed by atoms with Gasteiger partial charge in [-0.2, -0.15) is 0 Å². The van der Waals surface area contributed by atoms with E-state index in [0.717, 1.165) is 0 Å². The summed E-state index contributed by atoms with van der Waals surface area (Å²) in [6.07, 6.45) is 0. The molecule has 0 heterocycles. The maximum Gasteiger partial charge on any atom is 0.152 e. The van der Waals surface area contributed by atoms with Crippen molar-refractivity contribution >= 4 is 8.16 Å². The molecular formula is HF5NO2P. The molecule has 0 amide bonds. The van der Waals surface area contributed by atoms with Crippen LogP contribution in [0.1, 0.15) is 0 Å². The second-order valence-electron chi connectivity index (χ2n) is 0.721. The third-order valence-electron chi connectivity index (χ3n) is 0. The summed E-state index contributed by atoms with van der Waals surface area (Å²) in [5, 5.41) is 7.89. The van der Waals surface area contributed by atoms with Crippen molar-refractivity contribution in [3.63, 3.8) is 0 Å². The topological polar surface area (TPSA) is 49.7 Å². The summed E-state index contributed by atoms with van der Waals surface area (Å²) in [5.74, 6) is 0. The summed E-state index contributed by atoms with van der Waals surface area (Å²) in [4.78, 5) is 8.11. The summed E-state index contributed by atoms with van der Waals surface area (Å²) >= 11 is 0. The van der Waals surface area contributed by atoms with Crippen LogP contribution in [0.25, 0.3) is 0 Å². The molecule has 1 N–H and O–H groups in total. The molecule has 0 spiro atoms. The van der Waals surface area contributed by atoms with Crippen LogP contribution in [0.2, 0.25) is 0 Å². The number of halogens is 5. The van der Waals surface area contributed by atoms with Crippen LogP contribution < -0.4 is 0 Å². The molecule has 0 atom stereocenters. The smallest absolute Gasteiger partial charge is 0.152 e. The Morgan fingerprint density at radius 3 is 1.11 bits per heavy atom. The maximum absolute atomic E-state index is 9.84. The predicted molar refractivity (Wildman–Crippen MR) is 20.0 cm³/mol. The van der Waals surface area contributed by atoms with E-state index in [4.69, 9.17) is 10.1 Å². The Kier molecular flexibility index (Phi) is 3.59. The maximum atomic E-state index is 9.84. The molecule has 9 heavy (non-hydrogen) atoms. The van der Waals surface area contributed by atoms with Crippen molar-refractivity contribution in [2.24, 2.45) is 5.34 Å². The van der Waals surface area contributed by atoms with Crippen LogP contribution in [0.5, 0.6) is 0 Å². The Morgan fingerprint density at radius 1 is 1.11 bits per heavy atom. The van der Waals surface area contributed by atoms with Crippen LogP contribution >= 0.6 is 8.16 Å². The van der Waals surface area contributed by atoms with E-state index in [1.807, 2.05) is 0 Å². The SMILES string of the molecule is FP(F)(F)(F)F.O=NO. The first-order chi connectivity index (χ1) is 3.65. The van der Waals surface area contributed by atoms with Crippen molar-refractivity contribution in [1.29, 1.82) is 0 Å². The third kappa shape index (κ3) is 831. The number of hydrogen-bond donors (Lipinski definition) is 1. The third-order valence-corrected chi connectivity index (χ3v) is 0. The number of nitrogens with zero attached hydrogens (tertiary/aromatic N) is 1. The molecule has 0 aliphatic heterocycles. The monoisotopic (exact) mass is 173 g/mol. The summed E-state index contributed by atoms with van der Waals surface area (Å²) < 4.78 is 49.2. The molecule has 9 heteroatoms. The second-order valence-corrected chi connectivity index (χ2v) is 2.00. The molecule has 0 unspecified atom stereocenters.